The van der Waals surface area contributed by atoms with Gasteiger partial charge in [0.05, 0.1) is 20.2 Å². The van der Waals surface area contributed by atoms with E-state index in [2.05, 4.69) is 4.99 Å². The highest BCUT2D eigenvalue weighted by atomic mass is 16.5. The van der Waals surface area contributed by atoms with Crippen LogP contribution in [0.15, 0.2) is 29.3 Å². The second-order valence-electron chi connectivity index (χ2n) is 6.80. The second kappa shape index (κ2) is 6.63. The third-order valence-corrected chi connectivity index (χ3v) is 5.09. The van der Waals surface area contributed by atoms with Crippen molar-refractivity contribution in [1.29, 1.82) is 0 Å². The maximum absolute atomic E-state index is 13.0. The number of carbonyl (C=O) groups excluding carboxylic acids is 3. The van der Waals surface area contributed by atoms with Crippen LogP contribution in [0, 0.1) is 0 Å². The Labute approximate surface area is 161 Å². The first-order valence-corrected chi connectivity index (χ1v) is 8.93. The van der Waals surface area contributed by atoms with Crippen LogP contribution in [0.2, 0.25) is 0 Å². The number of amides is 4. The number of benzene rings is 1. The Hall–Kier alpha value is -3.43. The number of aliphatic imine (C=N–C) groups is 1. The van der Waals surface area contributed by atoms with E-state index in [4.69, 9.17) is 10.5 Å². The van der Waals surface area contributed by atoms with Gasteiger partial charge in [-0.05, 0) is 12.1 Å². The van der Waals surface area contributed by atoms with Gasteiger partial charge in [0.2, 0.25) is 17.8 Å². The van der Waals surface area contributed by atoms with E-state index in [0.717, 1.165) is 23.6 Å². The highest BCUT2D eigenvalue weighted by Crippen LogP contribution is 2.28. The van der Waals surface area contributed by atoms with E-state index in [0.29, 0.717) is 24.1 Å². The molecule has 4 rings (SSSR count). The van der Waals surface area contributed by atoms with Crippen molar-refractivity contribution < 1.29 is 23.7 Å². The summed E-state index contributed by atoms with van der Waals surface area (Å²) >= 11 is 0. The first-order valence-electron chi connectivity index (χ1n) is 8.93. The van der Waals surface area contributed by atoms with Gasteiger partial charge in [0.25, 0.3) is 5.91 Å². The maximum atomic E-state index is 13.0. The fourth-order valence-corrected chi connectivity index (χ4v) is 3.77. The topological polar surface area (TPSA) is 112 Å². The summed E-state index contributed by atoms with van der Waals surface area (Å²) in [5, 5.41) is 0. The molecule has 2 N–H and O–H groups in total. The molecular formula is C18H21N6O4+. The molecule has 10 nitrogen and oxygen atoms in total. The van der Waals surface area contributed by atoms with E-state index in [-0.39, 0.29) is 0 Å². The monoisotopic (exact) mass is 385 g/mol. The molecule has 3 aliphatic heterocycles. The molecule has 1 atom stereocenters. The number of ether oxygens (including phenoxy) is 1. The number of nitrogens with two attached hydrogens (primary N) is 1. The number of fused-ring (bicyclic) bond motifs is 2. The lowest BCUT2D eigenvalue weighted by Crippen LogP contribution is -2.64. The number of guanidine groups is 1. The Balaban J connectivity index is 1.75. The van der Waals surface area contributed by atoms with Gasteiger partial charge in [-0.3, -0.25) is 19.4 Å². The molecule has 0 aromatic heterocycles. The van der Waals surface area contributed by atoms with Crippen LogP contribution < -0.4 is 15.4 Å². The Morgan fingerprint density at radius 1 is 1.39 bits per heavy atom. The van der Waals surface area contributed by atoms with Crippen molar-refractivity contribution in [1.82, 2.24) is 9.80 Å². The molecule has 0 bridgehead atoms. The standard InChI is InChI=1S/C18H20N6O4/c1-21-15-14(16(26)24(18(21)27)10-13(19)25)23-8-4-7-22(17(23)20-15)11-5-3-6-12(9-11)28-2/h3,5-6,9,14H,4,7-8,10H2,1-2H3,(H-,19,25)/p+1. The molecule has 1 saturated heterocycles. The zero-order chi connectivity index (χ0) is 20.0. The minimum atomic E-state index is -0.745. The van der Waals surface area contributed by atoms with Gasteiger partial charge < -0.3 is 10.5 Å². The molecule has 3 heterocycles. The molecule has 4 amide bonds. The van der Waals surface area contributed by atoms with E-state index < -0.39 is 30.4 Å². The lowest BCUT2D eigenvalue weighted by molar-refractivity contribution is -0.539. The number of likely N-dealkylation sites (N-methyl/N-ethyl adjacent to an activating group) is 1. The quantitative estimate of drug-likeness (QED) is 0.698. The van der Waals surface area contributed by atoms with Crippen molar-refractivity contribution in [3.8, 4) is 5.75 Å². The molecule has 0 saturated carbocycles. The predicted octanol–water partition coefficient (Wildman–Crippen LogP) is -0.566. The fraction of sp³-hybridized carbons (Fsp3) is 0.389. The summed E-state index contributed by atoms with van der Waals surface area (Å²) in [4.78, 5) is 45.7. The highest BCUT2D eigenvalue weighted by molar-refractivity contribution is 6.24. The first-order chi connectivity index (χ1) is 13.4. The molecule has 0 aliphatic carbocycles. The van der Waals surface area contributed by atoms with Gasteiger partial charge in [-0.1, -0.05) is 11.1 Å². The van der Waals surface area contributed by atoms with E-state index in [1.807, 2.05) is 33.7 Å². The number of hydrogen-bond donors (Lipinski definition) is 1. The number of rotatable bonds is 4. The Morgan fingerprint density at radius 2 is 2.18 bits per heavy atom. The van der Waals surface area contributed by atoms with E-state index in [1.54, 1.807) is 14.2 Å². The Kier molecular flexibility index (Phi) is 4.25. The zero-order valence-electron chi connectivity index (χ0n) is 15.7. The number of imide groups is 1. The van der Waals surface area contributed by atoms with Gasteiger partial charge in [-0.15, -0.1) is 0 Å². The second-order valence-corrected chi connectivity index (χ2v) is 6.80. The van der Waals surface area contributed by atoms with Crippen LogP contribution >= 0.6 is 0 Å². The molecule has 1 fully saturated rings. The largest absolute Gasteiger partial charge is 0.497 e. The molecule has 1 unspecified atom stereocenters. The lowest BCUT2D eigenvalue weighted by Gasteiger charge is -2.34. The maximum Gasteiger partial charge on any atom is 0.397 e. The summed E-state index contributed by atoms with van der Waals surface area (Å²) in [5.41, 5.74) is 6.10. The van der Waals surface area contributed by atoms with Gasteiger partial charge in [-0.2, -0.15) is 0 Å². The summed E-state index contributed by atoms with van der Waals surface area (Å²) in [6.07, 6.45) is 0.806. The van der Waals surface area contributed by atoms with Crippen LogP contribution in [-0.2, 0) is 9.59 Å². The van der Waals surface area contributed by atoms with Crippen molar-refractivity contribution in [2.75, 3.05) is 38.7 Å². The summed E-state index contributed by atoms with van der Waals surface area (Å²) < 4.78 is 7.18. The van der Waals surface area contributed by atoms with E-state index >= 15 is 0 Å². The highest BCUT2D eigenvalue weighted by Gasteiger charge is 2.54. The zero-order valence-corrected chi connectivity index (χ0v) is 15.7. The summed E-state index contributed by atoms with van der Waals surface area (Å²) in [6.45, 7) is 0.888. The average Bonchev–Trinajstić information content (AvgIpc) is 3.09. The van der Waals surface area contributed by atoms with E-state index in [1.165, 1.54) is 4.90 Å². The van der Waals surface area contributed by atoms with Gasteiger partial charge in [0.15, 0.2) is 0 Å². The molecule has 28 heavy (non-hydrogen) atoms. The summed E-state index contributed by atoms with van der Waals surface area (Å²) in [7, 11) is 3.15. The third-order valence-electron chi connectivity index (χ3n) is 5.09. The number of primary amides is 1. The Bertz CT molecular complexity index is 940. The first kappa shape index (κ1) is 18.0. The van der Waals surface area contributed by atoms with Crippen molar-refractivity contribution in [2.45, 2.75) is 12.5 Å². The van der Waals surface area contributed by atoms with Gasteiger partial charge in [0, 0.05) is 19.5 Å². The van der Waals surface area contributed by atoms with Crippen molar-refractivity contribution in [3.63, 3.8) is 0 Å². The smallest absolute Gasteiger partial charge is 0.397 e. The number of amidine groups is 1. The SMILES string of the molecule is COc1cccc(N2CCC[N+]3=C2N=C2C3C(=O)N(CC(N)=O)C(=O)N2C)c1. The fourth-order valence-electron chi connectivity index (χ4n) is 3.77. The average molecular weight is 385 g/mol. The van der Waals surface area contributed by atoms with Crippen LogP contribution in [0.25, 0.3) is 0 Å². The molecule has 1 aromatic rings. The van der Waals surface area contributed by atoms with Crippen molar-refractivity contribution >= 4 is 35.3 Å². The van der Waals surface area contributed by atoms with E-state index in [9.17, 15) is 14.4 Å². The normalized spacial score (nSPS) is 21.6. The predicted molar refractivity (Wildman–Crippen MR) is 100 cm³/mol. The number of anilines is 1. The number of carbonyl (C=O) groups is 3. The van der Waals surface area contributed by atoms with Crippen LogP contribution in [0.4, 0.5) is 10.5 Å². The minimum absolute atomic E-state index is 0.362. The molecular weight excluding hydrogens is 364 g/mol. The number of hydrogen-bond acceptors (Lipinski definition) is 6. The minimum Gasteiger partial charge on any atom is -0.497 e. The molecule has 1 aromatic carbocycles. The number of urea groups is 1. The number of methoxy groups -OCH3 is 1. The van der Waals surface area contributed by atoms with Crippen molar-refractivity contribution in [3.05, 3.63) is 24.3 Å². The van der Waals surface area contributed by atoms with Gasteiger partial charge >= 0.3 is 12.0 Å². The van der Waals surface area contributed by atoms with Crippen LogP contribution in [0.3, 0.4) is 0 Å². The molecule has 10 heteroatoms. The Morgan fingerprint density at radius 3 is 2.89 bits per heavy atom. The van der Waals surface area contributed by atoms with Crippen LogP contribution in [0.5, 0.6) is 5.75 Å². The molecule has 0 radical (unpaired) electrons. The third kappa shape index (κ3) is 2.68. The van der Waals surface area contributed by atoms with Crippen molar-refractivity contribution in [2.24, 2.45) is 10.7 Å². The van der Waals surface area contributed by atoms with Crippen LogP contribution in [-0.4, -0.2) is 83.8 Å². The number of nitrogens with zero attached hydrogens (tertiary/aromatic N) is 5. The molecule has 0 spiro atoms. The summed E-state index contributed by atoms with van der Waals surface area (Å²) in [5.74, 6) is 0.459. The summed E-state index contributed by atoms with van der Waals surface area (Å²) in [6, 6.07) is 6.23. The molecule has 3 aliphatic rings. The van der Waals surface area contributed by atoms with Crippen LogP contribution in [0.1, 0.15) is 6.42 Å². The van der Waals surface area contributed by atoms with Gasteiger partial charge in [0.1, 0.15) is 18.0 Å². The molecule has 146 valence electrons. The lowest BCUT2D eigenvalue weighted by atomic mass is 10.1. The van der Waals surface area contributed by atoms with Gasteiger partial charge in [-0.25, -0.2) is 14.3 Å².